The molecule has 0 radical (unpaired) electrons. The van der Waals surface area contributed by atoms with E-state index in [2.05, 4.69) is 29.2 Å². The summed E-state index contributed by atoms with van der Waals surface area (Å²) in [6, 6.07) is 8.68. The lowest BCUT2D eigenvalue weighted by Crippen LogP contribution is -2.45. The highest BCUT2D eigenvalue weighted by atomic mass is 16.6. The average molecular weight is 352 g/mol. The van der Waals surface area contributed by atoms with E-state index >= 15 is 0 Å². The van der Waals surface area contributed by atoms with Crippen molar-refractivity contribution in [3.63, 3.8) is 0 Å². The van der Waals surface area contributed by atoms with Crippen molar-refractivity contribution in [2.24, 2.45) is 5.92 Å². The lowest BCUT2D eigenvalue weighted by molar-refractivity contribution is -0.152. The second-order valence-electron chi connectivity index (χ2n) is 8.10. The zero-order valence-electron chi connectivity index (χ0n) is 14.9. The van der Waals surface area contributed by atoms with Gasteiger partial charge in [0.25, 0.3) is 0 Å². The van der Waals surface area contributed by atoms with Crippen LogP contribution in [0.1, 0.15) is 50.5 Å². The van der Waals surface area contributed by atoms with Gasteiger partial charge in [0.05, 0.1) is 12.3 Å². The van der Waals surface area contributed by atoms with Crippen LogP contribution >= 0.6 is 0 Å². The number of hydrogen-bond acceptors (Lipinski definition) is 3. The second-order valence-corrected chi connectivity index (χ2v) is 8.10. The van der Waals surface area contributed by atoms with Crippen molar-refractivity contribution < 1.29 is 14.3 Å². The van der Waals surface area contributed by atoms with Crippen LogP contribution in [0.5, 0.6) is 0 Å². The van der Waals surface area contributed by atoms with Gasteiger partial charge < -0.3 is 14.6 Å². The third-order valence-corrected chi connectivity index (χ3v) is 6.31. The third-order valence-electron chi connectivity index (χ3n) is 6.31. The topological polar surface area (TPSA) is 62.4 Å². The van der Waals surface area contributed by atoms with Crippen molar-refractivity contribution >= 4 is 22.8 Å². The van der Waals surface area contributed by atoms with Gasteiger partial charge >= 0.3 is 5.97 Å². The van der Waals surface area contributed by atoms with Crippen molar-refractivity contribution in [2.75, 3.05) is 0 Å². The molecule has 3 aliphatic rings. The largest absolute Gasteiger partial charge is 0.458 e. The van der Waals surface area contributed by atoms with Crippen LogP contribution in [0.3, 0.4) is 0 Å². The van der Waals surface area contributed by atoms with E-state index in [0.29, 0.717) is 12.6 Å². The van der Waals surface area contributed by atoms with E-state index in [1.807, 2.05) is 11.1 Å². The van der Waals surface area contributed by atoms with Gasteiger partial charge in [0.15, 0.2) is 0 Å². The summed E-state index contributed by atoms with van der Waals surface area (Å²) in [5, 5.41) is 1.16. The van der Waals surface area contributed by atoms with Gasteiger partial charge in [-0.1, -0.05) is 6.07 Å². The Morgan fingerprint density at radius 3 is 2.81 bits per heavy atom. The van der Waals surface area contributed by atoms with Crippen molar-refractivity contribution in [3.05, 3.63) is 36.0 Å². The Hall–Kier alpha value is -2.30. The minimum absolute atomic E-state index is 0.120. The Morgan fingerprint density at radius 2 is 2.04 bits per heavy atom. The number of fused-ring (bicyclic) bond motifs is 1. The number of H-pyrrole nitrogens is 1. The fourth-order valence-corrected chi connectivity index (χ4v) is 4.80. The smallest absolute Gasteiger partial charge is 0.307 e. The van der Waals surface area contributed by atoms with E-state index in [0.717, 1.165) is 55.0 Å². The molecular formula is C21H24N2O3. The van der Waals surface area contributed by atoms with E-state index in [1.165, 1.54) is 0 Å². The van der Waals surface area contributed by atoms with E-state index in [9.17, 15) is 9.59 Å². The summed E-state index contributed by atoms with van der Waals surface area (Å²) in [7, 11) is 0. The van der Waals surface area contributed by atoms with E-state index in [4.69, 9.17) is 4.74 Å². The molecule has 1 N–H and O–H groups in total. The molecular weight excluding hydrogens is 328 g/mol. The molecule has 2 heterocycles. The predicted molar refractivity (Wildman–Crippen MR) is 97.3 cm³/mol. The summed E-state index contributed by atoms with van der Waals surface area (Å²) in [6.07, 6.45) is 8.07. The van der Waals surface area contributed by atoms with E-state index in [-0.39, 0.29) is 24.2 Å². The molecule has 1 spiro atoms. The van der Waals surface area contributed by atoms with Crippen LogP contribution in [0.2, 0.25) is 0 Å². The van der Waals surface area contributed by atoms with E-state index < -0.39 is 5.60 Å². The Balaban J connectivity index is 1.41. The molecule has 26 heavy (non-hydrogen) atoms. The molecule has 0 unspecified atom stereocenters. The van der Waals surface area contributed by atoms with Crippen molar-refractivity contribution in [1.82, 2.24) is 9.88 Å². The fraction of sp³-hybridized carbons (Fsp3) is 0.524. The Morgan fingerprint density at radius 1 is 1.23 bits per heavy atom. The lowest BCUT2D eigenvalue weighted by atomic mass is 9.84. The highest BCUT2D eigenvalue weighted by Gasteiger charge is 2.55. The van der Waals surface area contributed by atoms with Crippen LogP contribution < -0.4 is 0 Å². The molecule has 1 atom stereocenters. The van der Waals surface area contributed by atoms with E-state index in [1.54, 1.807) is 0 Å². The number of amides is 1. The number of hydrogen-bond donors (Lipinski definition) is 1. The maximum absolute atomic E-state index is 13.4. The average Bonchev–Trinajstić information content (AvgIpc) is 3.04. The summed E-state index contributed by atoms with van der Waals surface area (Å²) < 4.78 is 5.70. The Kier molecular flexibility index (Phi) is 3.59. The number of nitrogens with zero attached hydrogens (tertiary/aromatic N) is 1. The number of rotatable bonds is 4. The number of esters is 1. The van der Waals surface area contributed by atoms with Crippen LogP contribution in [-0.2, 0) is 20.9 Å². The predicted octanol–water partition coefficient (Wildman–Crippen LogP) is 3.53. The molecule has 5 heteroatoms. The van der Waals surface area contributed by atoms with Crippen molar-refractivity contribution in [2.45, 2.75) is 63.1 Å². The molecule has 1 amide bonds. The number of carbonyl (C=O) groups is 2. The number of aromatic amines is 1. The first-order chi connectivity index (χ1) is 12.6. The molecule has 1 aliphatic heterocycles. The molecule has 136 valence electrons. The summed E-state index contributed by atoms with van der Waals surface area (Å²) in [5.74, 6) is -0.377. The van der Waals surface area contributed by atoms with Crippen LogP contribution in [0.15, 0.2) is 30.5 Å². The lowest BCUT2D eigenvalue weighted by Gasteiger charge is -2.33. The number of carbonyl (C=O) groups excluding carboxylic acids is 2. The van der Waals surface area contributed by atoms with Crippen LogP contribution in [0, 0.1) is 5.92 Å². The highest BCUT2D eigenvalue weighted by Crippen LogP contribution is 2.47. The second kappa shape index (κ2) is 5.86. The molecule has 2 saturated carbocycles. The first-order valence-corrected chi connectivity index (χ1v) is 9.73. The molecule has 3 fully saturated rings. The monoisotopic (exact) mass is 352 g/mol. The Bertz CT molecular complexity index is 861. The maximum atomic E-state index is 13.4. The van der Waals surface area contributed by atoms with Gasteiger partial charge in [0.2, 0.25) is 5.91 Å². The molecule has 5 rings (SSSR count). The zero-order valence-corrected chi connectivity index (χ0v) is 14.9. The minimum Gasteiger partial charge on any atom is -0.458 e. The van der Waals surface area contributed by atoms with Crippen LogP contribution in [0.25, 0.3) is 10.9 Å². The molecule has 5 nitrogen and oxygen atoms in total. The van der Waals surface area contributed by atoms with Gasteiger partial charge in [-0.3, -0.25) is 9.59 Å². The third kappa shape index (κ3) is 2.61. The summed E-state index contributed by atoms with van der Waals surface area (Å²) in [6.45, 7) is 0.616. The molecule has 1 aromatic heterocycles. The zero-order chi connectivity index (χ0) is 17.7. The number of benzene rings is 1. The SMILES string of the molecule is O=C1C[C@H](C(=O)N(Cc2ccc3[nH]ccc3c2)C2CC2)C2(CCCC2)O1. The van der Waals surface area contributed by atoms with Gasteiger partial charge in [-0.05, 0) is 67.7 Å². The number of aromatic nitrogens is 1. The molecule has 1 aromatic carbocycles. The maximum Gasteiger partial charge on any atom is 0.307 e. The number of nitrogens with one attached hydrogen (secondary N) is 1. The van der Waals surface area contributed by atoms with Gasteiger partial charge in [-0.2, -0.15) is 0 Å². The molecule has 2 aromatic rings. The van der Waals surface area contributed by atoms with Gasteiger partial charge in [-0.15, -0.1) is 0 Å². The van der Waals surface area contributed by atoms with Crippen molar-refractivity contribution in [3.8, 4) is 0 Å². The molecule has 0 bridgehead atoms. The first kappa shape index (κ1) is 15.9. The summed E-state index contributed by atoms with van der Waals surface area (Å²) in [4.78, 5) is 30.7. The highest BCUT2D eigenvalue weighted by molar-refractivity contribution is 5.88. The summed E-state index contributed by atoms with van der Waals surface area (Å²) >= 11 is 0. The first-order valence-electron chi connectivity index (χ1n) is 9.73. The van der Waals surface area contributed by atoms with Crippen LogP contribution in [0.4, 0.5) is 0 Å². The van der Waals surface area contributed by atoms with Gasteiger partial charge in [0, 0.05) is 24.3 Å². The van der Waals surface area contributed by atoms with Gasteiger partial charge in [0.1, 0.15) is 5.60 Å². The normalized spacial score (nSPS) is 24.3. The summed E-state index contributed by atoms with van der Waals surface area (Å²) in [5.41, 5.74) is 1.73. The standard InChI is InChI=1S/C21H24N2O3/c24-19-12-17(21(26-19)8-1-2-9-21)20(25)23(16-4-5-16)13-14-3-6-18-15(11-14)7-10-22-18/h3,6-7,10-11,16-17,22H,1-2,4-5,8-9,12-13H2/t17-/m1/s1. The number of ether oxygens (including phenoxy) is 1. The van der Waals surface area contributed by atoms with Gasteiger partial charge in [-0.25, -0.2) is 0 Å². The minimum atomic E-state index is -0.522. The Labute approximate surface area is 152 Å². The quantitative estimate of drug-likeness (QED) is 0.856. The molecule has 2 aliphatic carbocycles. The molecule has 1 saturated heterocycles. The van der Waals surface area contributed by atoms with Crippen LogP contribution in [-0.4, -0.2) is 33.4 Å². The van der Waals surface area contributed by atoms with Crippen molar-refractivity contribution in [1.29, 1.82) is 0 Å². The fourth-order valence-electron chi connectivity index (χ4n) is 4.80.